The third-order valence-electron chi connectivity index (χ3n) is 4.65. The molecule has 1 aromatic carbocycles. The molecule has 0 radical (unpaired) electrons. The van der Waals surface area contributed by atoms with Gasteiger partial charge in [-0.25, -0.2) is 0 Å². The normalized spacial score (nSPS) is 20.9. The zero-order valence-electron chi connectivity index (χ0n) is 12.4. The summed E-state index contributed by atoms with van der Waals surface area (Å²) in [6, 6.07) is 8.06. The highest BCUT2D eigenvalue weighted by atomic mass is 35.5. The number of hydrogen-bond acceptors (Lipinski definition) is 2. The summed E-state index contributed by atoms with van der Waals surface area (Å²) in [6.07, 6.45) is 4.35. The monoisotopic (exact) mass is 306 g/mol. The molecule has 0 saturated carbocycles. The molecular weight excluding hydrogens is 284 g/mol. The lowest BCUT2D eigenvalue weighted by atomic mass is 9.95. The summed E-state index contributed by atoms with van der Waals surface area (Å²) in [7, 11) is 0. The van der Waals surface area contributed by atoms with Crippen LogP contribution >= 0.6 is 11.6 Å². The molecule has 0 aliphatic carbocycles. The lowest BCUT2D eigenvalue weighted by Gasteiger charge is -2.33. The molecule has 0 spiro atoms. The molecule has 2 heterocycles. The topological polar surface area (TPSA) is 23.6 Å². The molecule has 0 N–H and O–H groups in total. The number of carbonyl (C=O) groups excluding carboxylic acids is 1. The molecule has 114 valence electrons. The highest BCUT2D eigenvalue weighted by Crippen LogP contribution is 2.23. The third kappa shape index (κ3) is 3.78. The first-order valence-electron chi connectivity index (χ1n) is 7.98. The van der Waals surface area contributed by atoms with E-state index in [1.807, 2.05) is 18.2 Å². The van der Waals surface area contributed by atoms with Crippen LogP contribution in [0.5, 0.6) is 0 Å². The molecule has 2 aliphatic rings. The van der Waals surface area contributed by atoms with Gasteiger partial charge in [-0.2, -0.15) is 0 Å². The summed E-state index contributed by atoms with van der Waals surface area (Å²) < 4.78 is 0. The van der Waals surface area contributed by atoms with Crippen LogP contribution in [0.15, 0.2) is 24.3 Å². The lowest BCUT2D eigenvalue weighted by Crippen LogP contribution is -2.41. The van der Waals surface area contributed by atoms with Gasteiger partial charge in [-0.15, -0.1) is 0 Å². The Labute approximate surface area is 131 Å². The van der Waals surface area contributed by atoms with Crippen molar-refractivity contribution < 1.29 is 4.79 Å². The van der Waals surface area contributed by atoms with Crippen LogP contribution in [-0.2, 0) is 11.3 Å². The Bertz CT molecular complexity index is 491. The minimum absolute atomic E-state index is 0.249. The second kappa shape index (κ2) is 6.80. The van der Waals surface area contributed by atoms with Gasteiger partial charge < -0.3 is 4.90 Å². The molecule has 0 aromatic heterocycles. The van der Waals surface area contributed by atoms with Crippen LogP contribution < -0.4 is 0 Å². The number of nitrogens with zero attached hydrogens (tertiary/aromatic N) is 2. The SMILES string of the molecule is O=C(C1CCN(Cc2cccc(Cl)c2)CC1)N1CCCC1. The van der Waals surface area contributed by atoms with Gasteiger partial charge in [0.2, 0.25) is 5.91 Å². The first-order valence-corrected chi connectivity index (χ1v) is 8.36. The predicted molar refractivity (Wildman–Crippen MR) is 85.3 cm³/mol. The fraction of sp³-hybridized carbons (Fsp3) is 0.588. The number of halogens is 1. The van der Waals surface area contributed by atoms with Crippen molar-refractivity contribution >= 4 is 17.5 Å². The predicted octanol–water partition coefficient (Wildman–Crippen LogP) is 3.17. The summed E-state index contributed by atoms with van der Waals surface area (Å²) in [4.78, 5) is 16.9. The van der Waals surface area contributed by atoms with E-state index < -0.39 is 0 Å². The minimum atomic E-state index is 0.249. The molecule has 1 aromatic rings. The van der Waals surface area contributed by atoms with Crippen molar-refractivity contribution in [2.75, 3.05) is 26.2 Å². The zero-order chi connectivity index (χ0) is 14.7. The van der Waals surface area contributed by atoms with E-state index in [1.165, 1.54) is 18.4 Å². The van der Waals surface area contributed by atoms with Crippen LogP contribution in [0.4, 0.5) is 0 Å². The summed E-state index contributed by atoms with van der Waals surface area (Å²) in [6.45, 7) is 4.90. The van der Waals surface area contributed by atoms with Gasteiger partial charge in [-0.05, 0) is 56.5 Å². The smallest absolute Gasteiger partial charge is 0.225 e. The van der Waals surface area contributed by atoms with Crippen LogP contribution in [-0.4, -0.2) is 41.9 Å². The fourth-order valence-corrected chi connectivity index (χ4v) is 3.64. The minimum Gasteiger partial charge on any atom is -0.342 e. The summed E-state index contributed by atoms with van der Waals surface area (Å²) in [5.41, 5.74) is 1.26. The second-order valence-corrected chi connectivity index (χ2v) is 6.65. The van der Waals surface area contributed by atoms with E-state index in [9.17, 15) is 4.79 Å². The number of rotatable bonds is 3. The van der Waals surface area contributed by atoms with E-state index in [0.717, 1.165) is 50.6 Å². The van der Waals surface area contributed by atoms with Crippen LogP contribution in [0.25, 0.3) is 0 Å². The first kappa shape index (κ1) is 14.9. The highest BCUT2D eigenvalue weighted by Gasteiger charge is 2.29. The van der Waals surface area contributed by atoms with E-state index in [-0.39, 0.29) is 5.92 Å². The quantitative estimate of drug-likeness (QED) is 0.856. The van der Waals surface area contributed by atoms with Crippen molar-refractivity contribution in [3.63, 3.8) is 0 Å². The maximum Gasteiger partial charge on any atom is 0.225 e. The Morgan fingerprint density at radius 3 is 2.52 bits per heavy atom. The van der Waals surface area contributed by atoms with E-state index in [1.54, 1.807) is 0 Å². The summed E-state index contributed by atoms with van der Waals surface area (Å²) in [5.74, 6) is 0.647. The van der Waals surface area contributed by atoms with Crippen LogP contribution in [0, 0.1) is 5.92 Å². The van der Waals surface area contributed by atoms with Gasteiger partial charge in [0, 0.05) is 30.6 Å². The molecule has 3 rings (SSSR count). The van der Waals surface area contributed by atoms with Gasteiger partial charge in [0.1, 0.15) is 0 Å². The van der Waals surface area contributed by atoms with Crippen LogP contribution in [0.1, 0.15) is 31.2 Å². The van der Waals surface area contributed by atoms with Gasteiger partial charge in [0.15, 0.2) is 0 Å². The maximum atomic E-state index is 12.4. The number of carbonyl (C=O) groups is 1. The molecule has 4 heteroatoms. The average molecular weight is 307 g/mol. The van der Waals surface area contributed by atoms with E-state index in [2.05, 4.69) is 15.9 Å². The number of piperidine rings is 1. The second-order valence-electron chi connectivity index (χ2n) is 6.21. The molecule has 0 unspecified atom stereocenters. The maximum absolute atomic E-state index is 12.4. The Kier molecular flexibility index (Phi) is 4.81. The van der Waals surface area contributed by atoms with Crippen LogP contribution in [0.3, 0.4) is 0 Å². The van der Waals surface area contributed by atoms with Crippen molar-refractivity contribution in [1.29, 1.82) is 0 Å². The molecule has 2 aliphatic heterocycles. The zero-order valence-corrected chi connectivity index (χ0v) is 13.2. The largest absolute Gasteiger partial charge is 0.342 e. The summed E-state index contributed by atoms with van der Waals surface area (Å²) in [5, 5.41) is 0.798. The first-order chi connectivity index (χ1) is 10.2. The number of benzene rings is 1. The Morgan fingerprint density at radius 1 is 1.14 bits per heavy atom. The third-order valence-corrected chi connectivity index (χ3v) is 4.88. The number of amides is 1. The fourth-order valence-electron chi connectivity index (χ4n) is 3.43. The lowest BCUT2D eigenvalue weighted by molar-refractivity contribution is -0.136. The van der Waals surface area contributed by atoms with Gasteiger partial charge in [-0.1, -0.05) is 23.7 Å². The Hall–Kier alpha value is -1.06. The van der Waals surface area contributed by atoms with Crippen molar-refractivity contribution in [1.82, 2.24) is 9.80 Å². The number of likely N-dealkylation sites (tertiary alicyclic amines) is 2. The average Bonchev–Trinajstić information content (AvgIpc) is 3.01. The van der Waals surface area contributed by atoms with Crippen molar-refractivity contribution in [2.45, 2.75) is 32.2 Å². The van der Waals surface area contributed by atoms with Crippen molar-refractivity contribution in [2.24, 2.45) is 5.92 Å². The number of hydrogen-bond donors (Lipinski definition) is 0. The van der Waals surface area contributed by atoms with E-state index in [4.69, 9.17) is 11.6 Å². The molecule has 0 atom stereocenters. The van der Waals surface area contributed by atoms with Crippen LogP contribution in [0.2, 0.25) is 5.02 Å². The van der Waals surface area contributed by atoms with Gasteiger partial charge in [-0.3, -0.25) is 9.69 Å². The standard InChI is InChI=1S/C17H23ClN2O/c18-16-5-3-4-14(12-16)13-19-10-6-15(7-11-19)17(21)20-8-1-2-9-20/h3-5,12,15H,1-2,6-11,13H2. The highest BCUT2D eigenvalue weighted by molar-refractivity contribution is 6.30. The molecule has 3 nitrogen and oxygen atoms in total. The Balaban J connectivity index is 1.49. The van der Waals surface area contributed by atoms with Gasteiger partial charge in [0.05, 0.1) is 0 Å². The van der Waals surface area contributed by atoms with Gasteiger partial charge >= 0.3 is 0 Å². The molecule has 0 bridgehead atoms. The molecular formula is C17H23ClN2O. The molecule has 2 saturated heterocycles. The molecule has 2 fully saturated rings. The van der Waals surface area contributed by atoms with E-state index in [0.29, 0.717) is 5.91 Å². The van der Waals surface area contributed by atoms with Crippen molar-refractivity contribution in [3.8, 4) is 0 Å². The Morgan fingerprint density at radius 2 is 1.86 bits per heavy atom. The van der Waals surface area contributed by atoms with E-state index >= 15 is 0 Å². The molecule has 1 amide bonds. The molecule has 21 heavy (non-hydrogen) atoms. The van der Waals surface area contributed by atoms with Gasteiger partial charge in [0.25, 0.3) is 0 Å². The summed E-state index contributed by atoms with van der Waals surface area (Å²) >= 11 is 6.03. The van der Waals surface area contributed by atoms with Crippen molar-refractivity contribution in [3.05, 3.63) is 34.9 Å².